The Hall–Kier alpha value is -1.43. The quantitative estimate of drug-likeness (QED) is 0.141. The fourth-order valence-corrected chi connectivity index (χ4v) is 2.42. The second-order valence-corrected chi connectivity index (χ2v) is 8.34. The molecule has 2 aliphatic carbocycles. The monoisotopic (exact) mass is 589 g/mol. The van der Waals surface area contributed by atoms with Crippen LogP contribution < -0.4 is 0 Å². The van der Waals surface area contributed by atoms with Crippen LogP contribution in [0, 0.1) is 64.6 Å². The van der Waals surface area contributed by atoms with E-state index in [9.17, 15) is 30.0 Å². The molecule has 2 saturated carbocycles. The molecule has 0 aliphatic heterocycles. The number of carbonyl (C=O) groups is 1. The number of nitrogens with zero attached hydrogens (tertiary/aromatic N) is 3. The molecule has 0 aromatic carbocycles. The van der Waals surface area contributed by atoms with E-state index in [0.717, 1.165) is 30.6 Å². The van der Waals surface area contributed by atoms with Crippen molar-refractivity contribution >= 4 is 13.8 Å². The molecule has 0 N–H and O–H groups in total. The Bertz CT molecular complexity index is 626. The SMILES string of the molecule is CC#N.CC#N.CC#N.C[C]1[CH][C](C)[C](C(=O)OC2CCCCC2)[CH]1.F[P-](F)(F)(F)(F)F.[Ru+2]. The molecule has 0 spiro atoms. The van der Waals surface area contributed by atoms with Gasteiger partial charge in [-0.25, -0.2) is 0 Å². The van der Waals surface area contributed by atoms with E-state index in [-0.39, 0.29) is 31.6 Å². The summed E-state index contributed by atoms with van der Waals surface area (Å²) in [5, 5.41) is 22.0. The number of hydrogen-bond acceptors (Lipinski definition) is 5. The van der Waals surface area contributed by atoms with E-state index in [1.54, 1.807) is 18.2 Å². The summed E-state index contributed by atoms with van der Waals surface area (Å²) in [6, 6.07) is 5.25. The molecule has 0 amide bonds. The van der Waals surface area contributed by atoms with Crippen LogP contribution in [0.3, 0.4) is 0 Å². The van der Waals surface area contributed by atoms with Crippen molar-refractivity contribution in [3.63, 3.8) is 0 Å². The van der Waals surface area contributed by atoms with Gasteiger partial charge in [-0.15, -0.1) is 0 Å². The smallest absolute Gasteiger partial charge is 2.00 e. The van der Waals surface area contributed by atoms with Gasteiger partial charge in [0.2, 0.25) is 0 Å². The Morgan fingerprint density at radius 3 is 1.48 bits per heavy atom. The molecule has 189 valence electrons. The maximum absolute atomic E-state index is 11.9. The van der Waals surface area contributed by atoms with Gasteiger partial charge >= 0.3 is 58.4 Å². The van der Waals surface area contributed by atoms with Crippen molar-refractivity contribution in [3.05, 3.63) is 30.6 Å². The molecule has 33 heavy (non-hydrogen) atoms. The van der Waals surface area contributed by atoms with Crippen LogP contribution in [0.15, 0.2) is 0 Å². The van der Waals surface area contributed by atoms with Gasteiger partial charge in [0, 0.05) is 20.8 Å². The van der Waals surface area contributed by atoms with Crippen LogP contribution >= 0.6 is 7.81 Å². The van der Waals surface area contributed by atoms with Crippen LogP contribution in [0.1, 0.15) is 66.7 Å². The molecule has 13 heteroatoms. The number of halogens is 6. The normalized spacial score (nSPS) is 18.3. The zero-order valence-corrected chi connectivity index (χ0v) is 21.6. The minimum Gasteiger partial charge on any atom is 2.00 e. The van der Waals surface area contributed by atoms with E-state index in [1.165, 1.54) is 40.0 Å². The molecular formula is C20H28F6N3O2PRu+. The maximum atomic E-state index is 11.9. The van der Waals surface area contributed by atoms with E-state index >= 15 is 0 Å². The van der Waals surface area contributed by atoms with Gasteiger partial charge in [0.1, 0.15) is 6.10 Å². The molecule has 5 radical (unpaired) electrons. The van der Waals surface area contributed by atoms with Crippen LogP contribution in [-0.2, 0) is 29.0 Å². The summed E-state index contributed by atoms with van der Waals surface area (Å²) in [6.07, 6.45) is 9.82. The summed E-state index contributed by atoms with van der Waals surface area (Å²) >= 11 is 0. The molecule has 2 aliphatic rings. The van der Waals surface area contributed by atoms with Crippen LogP contribution in [0.2, 0.25) is 0 Å². The fourth-order valence-electron chi connectivity index (χ4n) is 2.42. The van der Waals surface area contributed by atoms with E-state index in [1.807, 2.05) is 26.7 Å². The molecule has 0 unspecified atom stereocenters. The van der Waals surface area contributed by atoms with Gasteiger partial charge in [-0.3, -0.25) is 4.79 Å². The van der Waals surface area contributed by atoms with Crippen molar-refractivity contribution in [2.24, 2.45) is 0 Å². The number of carbonyl (C=O) groups excluding carboxylic acids is 1. The second-order valence-electron chi connectivity index (χ2n) is 6.42. The molecule has 0 bridgehead atoms. The summed E-state index contributed by atoms with van der Waals surface area (Å²) in [7, 11) is -10.7. The van der Waals surface area contributed by atoms with Crippen molar-refractivity contribution in [1.29, 1.82) is 15.8 Å². The first-order valence-electron chi connectivity index (χ1n) is 9.30. The zero-order chi connectivity index (χ0) is 26.1. The average Bonchev–Trinajstić information content (AvgIpc) is 2.94. The topological polar surface area (TPSA) is 97.7 Å². The van der Waals surface area contributed by atoms with Crippen molar-refractivity contribution in [2.75, 3.05) is 0 Å². The Labute approximate surface area is 205 Å². The third kappa shape index (κ3) is 35.3. The third-order valence-corrected chi connectivity index (χ3v) is 3.29. The first-order valence-corrected chi connectivity index (χ1v) is 11.3. The summed E-state index contributed by atoms with van der Waals surface area (Å²) in [4.78, 5) is 11.9. The number of ether oxygens (including phenoxy) is 1. The van der Waals surface area contributed by atoms with Crippen molar-refractivity contribution < 1.29 is 54.2 Å². The Balaban J connectivity index is -0.000000207. The predicted octanol–water partition coefficient (Wildman–Crippen LogP) is 8.02. The van der Waals surface area contributed by atoms with E-state index < -0.39 is 7.81 Å². The van der Waals surface area contributed by atoms with Gasteiger partial charge in [-0.05, 0) is 50.4 Å². The Morgan fingerprint density at radius 1 is 0.879 bits per heavy atom. The summed E-state index contributed by atoms with van der Waals surface area (Å²) in [6.45, 7) is 8.26. The summed E-state index contributed by atoms with van der Waals surface area (Å²) in [5.74, 6) is 2.76. The average molecular weight is 588 g/mol. The predicted molar refractivity (Wildman–Crippen MR) is 110 cm³/mol. The molecule has 2 rings (SSSR count). The summed E-state index contributed by atoms with van der Waals surface area (Å²) < 4.78 is 64.7. The minimum absolute atomic E-state index is 0. The van der Waals surface area contributed by atoms with Crippen molar-refractivity contribution in [2.45, 2.75) is 72.8 Å². The van der Waals surface area contributed by atoms with Crippen LogP contribution in [-0.4, -0.2) is 12.1 Å². The standard InChI is InChI=1S/C14H19O2.3C2H3N.F6P.Ru/c1-10-8-11(2)13(9-10)14(15)16-12-6-4-3-5-7-12;3*1-2-3;1-7(2,3,4,5)6;/h8-9,12H,3-7H2,1-2H3;3*1H3;;/q;;;;-1;+2. The molecule has 2 fully saturated rings. The first kappa shape index (κ1) is 38.8. The zero-order valence-electron chi connectivity index (χ0n) is 19.0. The molecule has 0 heterocycles. The van der Waals surface area contributed by atoms with Crippen LogP contribution in [0.25, 0.3) is 0 Å². The molecular weight excluding hydrogens is 560 g/mol. The van der Waals surface area contributed by atoms with Gasteiger partial charge in [0.05, 0.1) is 24.1 Å². The van der Waals surface area contributed by atoms with Crippen molar-refractivity contribution in [1.82, 2.24) is 0 Å². The van der Waals surface area contributed by atoms with E-state index in [0.29, 0.717) is 0 Å². The number of nitriles is 3. The molecule has 5 nitrogen and oxygen atoms in total. The molecule has 0 atom stereocenters. The van der Waals surface area contributed by atoms with Gasteiger partial charge in [-0.1, -0.05) is 20.3 Å². The second kappa shape index (κ2) is 17.1. The van der Waals surface area contributed by atoms with Crippen LogP contribution in [0.4, 0.5) is 25.2 Å². The van der Waals surface area contributed by atoms with Crippen molar-refractivity contribution in [3.8, 4) is 18.2 Å². The molecule has 0 aromatic rings. The number of rotatable bonds is 2. The maximum Gasteiger partial charge on any atom is 2.00 e. The molecule has 0 aromatic heterocycles. The third-order valence-electron chi connectivity index (χ3n) is 3.29. The number of esters is 1. The van der Waals surface area contributed by atoms with Gasteiger partial charge in [-0.2, -0.15) is 15.8 Å². The van der Waals surface area contributed by atoms with E-state index in [4.69, 9.17) is 20.5 Å². The van der Waals surface area contributed by atoms with Crippen LogP contribution in [0.5, 0.6) is 0 Å². The van der Waals surface area contributed by atoms with Gasteiger partial charge in [0.15, 0.2) is 0 Å². The van der Waals surface area contributed by atoms with Gasteiger partial charge < -0.3 is 4.74 Å². The Morgan fingerprint density at radius 2 is 1.21 bits per heavy atom. The summed E-state index contributed by atoms with van der Waals surface area (Å²) in [5.41, 5.74) is 0. The number of hydrogen-bond donors (Lipinski definition) is 0. The minimum atomic E-state index is -10.7. The first-order chi connectivity index (χ1) is 14.4. The molecule has 0 saturated heterocycles. The Kier molecular flexibility index (Phi) is 20.1. The fraction of sp³-hybridized carbons (Fsp3) is 0.550. The van der Waals surface area contributed by atoms with E-state index in [2.05, 4.69) is 0 Å². The largest absolute Gasteiger partial charge is 2.00 e. The van der Waals surface area contributed by atoms with Gasteiger partial charge in [0.25, 0.3) is 0 Å².